The first kappa shape index (κ1) is 19.9. The molecule has 0 radical (unpaired) electrons. The Balaban J connectivity index is 1.88. The van der Waals surface area contributed by atoms with Crippen molar-refractivity contribution < 1.29 is 18.3 Å². The molecule has 1 aromatic carbocycles. The summed E-state index contributed by atoms with van der Waals surface area (Å²) in [5.74, 6) is 0.793. The van der Waals surface area contributed by atoms with Crippen molar-refractivity contribution >= 4 is 11.9 Å². The third-order valence-electron chi connectivity index (χ3n) is 4.03. The van der Waals surface area contributed by atoms with Gasteiger partial charge in [0, 0.05) is 38.2 Å². The lowest BCUT2D eigenvalue weighted by molar-refractivity contribution is -0.129. The number of hydrogen-bond acceptors (Lipinski definition) is 3. The first-order valence-electron chi connectivity index (χ1n) is 8.92. The molecule has 0 atom stereocenters. The van der Waals surface area contributed by atoms with E-state index in [9.17, 15) is 13.6 Å². The number of rotatable bonds is 8. The molecule has 0 bridgehead atoms. The lowest BCUT2D eigenvalue weighted by Gasteiger charge is -2.16. The molecule has 1 aliphatic rings. The SMILES string of the molecule is CCNC(=NCc1ccccc1OC(F)F)NCCC(=O)N1CCCC1. The number of benzene rings is 1. The maximum absolute atomic E-state index is 12.5. The van der Waals surface area contributed by atoms with Crippen LogP contribution in [0.3, 0.4) is 0 Å². The van der Waals surface area contributed by atoms with E-state index in [0.717, 1.165) is 25.9 Å². The van der Waals surface area contributed by atoms with Crippen LogP contribution < -0.4 is 15.4 Å². The first-order chi connectivity index (χ1) is 12.6. The number of ether oxygens (including phenoxy) is 1. The summed E-state index contributed by atoms with van der Waals surface area (Å²) < 4.78 is 29.5. The van der Waals surface area contributed by atoms with Crippen molar-refractivity contribution in [1.29, 1.82) is 0 Å². The number of carbonyl (C=O) groups excluding carboxylic acids is 1. The molecule has 0 unspecified atom stereocenters. The van der Waals surface area contributed by atoms with Gasteiger partial charge in [-0.25, -0.2) is 4.99 Å². The van der Waals surface area contributed by atoms with Crippen molar-refractivity contribution in [3.05, 3.63) is 29.8 Å². The summed E-state index contributed by atoms with van der Waals surface area (Å²) in [4.78, 5) is 18.3. The van der Waals surface area contributed by atoms with E-state index in [-0.39, 0.29) is 18.2 Å². The highest BCUT2D eigenvalue weighted by Gasteiger charge is 2.17. The quantitative estimate of drug-likeness (QED) is 0.546. The Morgan fingerprint density at radius 3 is 2.69 bits per heavy atom. The van der Waals surface area contributed by atoms with E-state index >= 15 is 0 Å². The summed E-state index contributed by atoms with van der Waals surface area (Å²) in [6.45, 7) is 2.06. The maximum Gasteiger partial charge on any atom is 0.387 e. The van der Waals surface area contributed by atoms with Crippen LogP contribution in [0.4, 0.5) is 8.78 Å². The van der Waals surface area contributed by atoms with E-state index < -0.39 is 6.61 Å². The number of guanidine groups is 1. The van der Waals surface area contributed by atoms with Crippen LogP contribution in [-0.2, 0) is 11.3 Å². The standard InChI is InChI=1S/C18H26F2N4O2/c1-2-21-18(22-10-9-16(25)24-11-5-6-12-24)23-13-14-7-3-4-8-15(14)26-17(19)20/h3-4,7-8,17H,2,5-6,9-13H2,1H3,(H2,21,22,23). The molecule has 1 aromatic rings. The average molecular weight is 368 g/mol. The number of halogens is 2. The highest BCUT2D eigenvalue weighted by Crippen LogP contribution is 2.20. The van der Waals surface area contributed by atoms with Crippen LogP contribution in [-0.4, -0.2) is 49.6 Å². The molecule has 144 valence electrons. The Labute approximate surface area is 152 Å². The second-order valence-electron chi connectivity index (χ2n) is 5.95. The van der Waals surface area contributed by atoms with E-state index in [1.807, 2.05) is 11.8 Å². The molecule has 1 amide bonds. The van der Waals surface area contributed by atoms with Crippen LogP contribution in [0.15, 0.2) is 29.3 Å². The zero-order valence-corrected chi connectivity index (χ0v) is 15.0. The minimum atomic E-state index is -2.87. The summed E-state index contributed by atoms with van der Waals surface area (Å²) in [6, 6.07) is 6.57. The molecule has 8 heteroatoms. The topological polar surface area (TPSA) is 66.0 Å². The molecule has 0 spiro atoms. The van der Waals surface area contributed by atoms with Gasteiger partial charge in [-0.2, -0.15) is 8.78 Å². The van der Waals surface area contributed by atoms with Gasteiger partial charge >= 0.3 is 6.61 Å². The van der Waals surface area contributed by atoms with Gasteiger partial charge in [0.15, 0.2) is 5.96 Å². The molecular formula is C18H26F2N4O2. The number of para-hydroxylation sites is 1. The van der Waals surface area contributed by atoms with Crippen LogP contribution in [0, 0.1) is 0 Å². The zero-order valence-electron chi connectivity index (χ0n) is 15.0. The van der Waals surface area contributed by atoms with Gasteiger partial charge < -0.3 is 20.3 Å². The third-order valence-corrected chi connectivity index (χ3v) is 4.03. The highest BCUT2D eigenvalue weighted by atomic mass is 19.3. The molecule has 1 aliphatic heterocycles. The second kappa shape index (κ2) is 10.6. The molecule has 2 rings (SSSR count). The van der Waals surface area contributed by atoms with Gasteiger partial charge in [-0.1, -0.05) is 18.2 Å². The van der Waals surface area contributed by atoms with Gasteiger partial charge in [-0.3, -0.25) is 4.79 Å². The molecule has 6 nitrogen and oxygen atoms in total. The number of likely N-dealkylation sites (tertiary alicyclic amines) is 1. The molecule has 0 saturated carbocycles. The number of nitrogens with one attached hydrogen (secondary N) is 2. The summed E-state index contributed by atoms with van der Waals surface area (Å²) >= 11 is 0. The smallest absolute Gasteiger partial charge is 0.387 e. The summed E-state index contributed by atoms with van der Waals surface area (Å²) in [5, 5.41) is 6.19. The lowest BCUT2D eigenvalue weighted by Crippen LogP contribution is -2.39. The summed E-state index contributed by atoms with van der Waals surface area (Å²) in [7, 11) is 0. The zero-order chi connectivity index (χ0) is 18.8. The number of hydrogen-bond donors (Lipinski definition) is 2. The number of aliphatic imine (C=N–C) groups is 1. The molecular weight excluding hydrogens is 342 g/mol. The maximum atomic E-state index is 12.5. The number of alkyl halides is 2. The Hall–Kier alpha value is -2.38. The first-order valence-corrected chi connectivity index (χ1v) is 8.92. The molecule has 2 N–H and O–H groups in total. The third kappa shape index (κ3) is 6.50. The van der Waals surface area contributed by atoms with Gasteiger partial charge in [-0.15, -0.1) is 0 Å². The fraction of sp³-hybridized carbons (Fsp3) is 0.556. The monoisotopic (exact) mass is 368 g/mol. The summed E-state index contributed by atoms with van der Waals surface area (Å²) in [5.41, 5.74) is 0.568. The van der Waals surface area contributed by atoms with Crippen LogP contribution in [0.5, 0.6) is 5.75 Å². The van der Waals surface area contributed by atoms with E-state index in [1.165, 1.54) is 6.07 Å². The van der Waals surface area contributed by atoms with Crippen molar-refractivity contribution in [2.45, 2.75) is 39.3 Å². The van der Waals surface area contributed by atoms with Crippen LogP contribution in [0.2, 0.25) is 0 Å². The molecule has 0 aliphatic carbocycles. The predicted molar refractivity (Wildman–Crippen MR) is 96.3 cm³/mol. The number of amides is 1. The van der Waals surface area contributed by atoms with Crippen LogP contribution in [0.25, 0.3) is 0 Å². The van der Waals surface area contributed by atoms with Gasteiger partial charge in [0.1, 0.15) is 5.75 Å². The van der Waals surface area contributed by atoms with Gasteiger partial charge in [0.05, 0.1) is 6.54 Å². The Bertz CT molecular complexity index is 605. The minimum Gasteiger partial charge on any atom is -0.434 e. The normalized spacial score (nSPS) is 14.6. The van der Waals surface area contributed by atoms with Gasteiger partial charge in [0.25, 0.3) is 0 Å². The van der Waals surface area contributed by atoms with E-state index in [1.54, 1.807) is 18.2 Å². The number of carbonyl (C=O) groups is 1. The van der Waals surface area contributed by atoms with Crippen molar-refractivity contribution in [2.75, 3.05) is 26.2 Å². The molecule has 1 heterocycles. The summed E-state index contributed by atoms with van der Waals surface area (Å²) in [6.07, 6.45) is 2.54. The Kier molecular flexibility index (Phi) is 8.11. The van der Waals surface area contributed by atoms with Gasteiger partial charge in [-0.05, 0) is 25.8 Å². The van der Waals surface area contributed by atoms with Crippen molar-refractivity contribution in [1.82, 2.24) is 15.5 Å². The Morgan fingerprint density at radius 2 is 2.00 bits per heavy atom. The second-order valence-corrected chi connectivity index (χ2v) is 5.95. The van der Waals surface area contributed by atoms with Crippen molar-refractivity contribution in [3.8, 4) is 5.75 Å². The molecule has 26 heavy (non-hydrogen) atoms. The van der Waals surface area contributed by atoms with Gasteiger partial charge in [0.2, 0.25) is 5.91 Å². The fourth-order valence-electron chi connectivity index (χ4n) is 2.76. The molecule has 1 saturated heterocycles. The van der Waals surface area contributed by atoms with Crippen molar-refractivity contribution in [2.24, 2.45) is 4.99 Å². The van der Waals surface area contributed by atoms with Crippen LogP contribution >= 0.6 is 0 Å². The van der Waals surface area contributed by atoms with E-state index in [0.29, 0.717) is 31.0 Å². The van der Waals surface area contributed by atoms with Crippen LogP contribution in [0.1, 0.15) is 31.7 Å². The largest absolute Gasteiger partial charge is 0.434 e. The number of nitrogens with zero attached hydrogens (tertiary/aromatic N) is 2. The predicted octanol–water partition coefficient (Wildman–Crippen LogP) is 2.36. The lowest BCUT2D eigenvalue weighted by atomic mass is 10.2. The average Bonchev–Trinajstić information content (AvgIpc) is 3.15. The van der Waals surface area contributed by atoms with E-state index in [2.05, 4.69) is 20.4 Å². The highest BCUT2D eigenvalue weighted by molar-refractivity contribution is 5.81. The van der Waals surface area contributed by atoms with E-state index in [4.69, 9.17) is 0 Å². The molecule has 1 fully saturated rings. The van der Waals surface area contributed by atoms with Crippen molar-refractivity contribution in [3.63, 3.8) is 0 Å². The Morgan fingerprint density at radius 1 is 1.27 bits per heavy atom. The fourth-order valence-corrected chi connectivity index (χ4v) is 2.76. The molecule has 0 aromatic heterocycles. The minimum absolute atomic E-state index is 0.117.